The maximum Gasteiger partial charge on any atom is 0.265 e. The van der Waals surface area contributed by atoms with Crippen molar-refractivity contribution in [3.05, 3.63) is 59.7 Å². The highest BCUT2D eigenvalue weighted by Gasteiger charge is 2.31. The average Bonchev–Trinajstić information content (AvgIpc) is 2.79. The number of hydrogen-bond donors (Lipinski definition) is 1. The minimum Gasteiger partial charge on any atom is -0.479 e. The van der Waals surface area contributed by atoms with Crippen molar-refractivity contribution in [1.29, 1.82) is 0 Å². The summed E-state index contributed by atoms with van der Waals surface area (Å²) in [6, 6.07) is 12.3. The number of ether oxygens (including phenoxy) is 1. The van der Waals surface area contributed by atoms with Crippen molar-refractivity contribution in [1.82, 2.24) is 9.21 Å². The Morgan fingerprint density at radius 1 is 1.09 bits per heavy atom. The highest BCUT2D eigenvalue weighted by molar-refractivity contribution is 7.89. The smallest absolute Gasteiger partial charge is 0.265 e. The van der Waals surface area contributed by atoms with Gasteiger partial charge in [0, 0.05) is 32.3 Å². The first kappa shape index (κ1) is 22.0. The highest BCUT2D eigenvalue weighted by Crippen LogP contribution is 2.32. The van der Waals surface area contributed by atoms with Crippen LogP contribution in [-0.4, -0.2) is 61.7 Å². The molecule has 8 nitrogen and oxygen atoms in total. The molecule has 168 valence electrons. The molecule has 0 aromatic heterocycles. The van der Waals surface area contributed by atoms with E-state index in [0.717, 1.165) is 11.1 Å². The molecule has 32 heavy (non-hydrogen) atoms. The lowest BCUT2D eigenvalue weighted by Crippen LogP contribution is -2.50. The van der Waals surface area contributed by atoms with E-state index in [9.17, 15) is 18.0 Å². The van der Waals surface area contributed by atoms with Crippen LogP contribution in [0.5, 0.6) is 5.75 Å². The van der Waals surface area contributed by atoms with E-state index in [1.807, 2.05) is 31.2 Å². The molecule has 2 aromatic carbocycles. The zero-order chi connectivity index (χ0) is 22.9. The lowest BCUT2D eigenvalue weighted by molar-refractivity contribution is -0.127. The number of nitrogens with zero attached hydrogens (tertiary/aromatic N) is 2. The minimum atomic E-state index is -3.76. The van der Waals surface area contributed by atoms with Crippen molar-refractivity contribution in [2.45, 2.75) is 24.8 Å². The van der Waals surface area contributed by atoms with Crippen LogP contribution in [0.1, 0.15) is 18.1 Å². The van der Waals surface area contributed by atoms with Gasteiger partial charge in [0.15, 0.2) is 6.10 Å². The van der Waals surface area contributed by atoms with E-state index >= 15 is 0 Å². The molecule has 2 aliphatic heterocycles. The minimum absolute atomic E-state index is 0.0775. The van der Waals surface area contributed by atoms with Crippen LogP contribution >= 0.6 is 0 Å². The Balaban J connectivity index is 1.40. The molecule has 1 saturated heterocycles. The predicted molar refractivity (Wildman–Crippen MR) is 121 cm³/mol. The van der Waals surface area contributed by atoms with Gasteiger partial charge in [-0.15, -0.1) is 0 Å². The highest BCUT2D eigenvalue weighted by atomic mass is 32.2. The van der Waals surface area contributed by atoms with Gasteiger partial charge < -0.3 is 15.0 Å². The normalized spacial score (nSPS) is 19.4. The standard InChI is InChI=1S/C23H25N3O5S/c1-16-3-5-18(6-4-16)7-10-22(27)25-11-13-26(14-12-25)32(29,30)19-8-9-21-20(15-19)24-23(28)17(2)31-21/h3-10,15,17H,11-14H2,1-2H3,(H,24,28)/b10-7+. The largest absolute Gasteiger partial charge is 0.479 e. The third-order valence-corrected chi connectivity index (χ3v) is 7.46. The summed E-state index contributed by atoms with van der Waals surface area (Å²) in [6.45, 7) is 4.63. The van der Waals surface area contributed by atoms with Crippen LogP contribution < -0.4 is 10.1 Å². The number of amides is 2. The Labute approximate surface area is 187 Å². The fourth-order valence-electron chi connectivity index (χ4n) is 3.60. The molecule has 1 atom stereocenters. The molecule has 2 amide bonds. The number of carbonyl (C=O) groups excluding carboxylic acids is 2. The number of aryl methyl sites for hydroxylation is 1. The van der Waals surface area contributed by atoms with Crippen LogP contribution in [-0.2, 0) is 19.6 Å². The summed E-state index contributed by atoms with van der Waals surface area (Å²) >= 11 is 0. The van der Waals surface area contributed by atoms with Gasteiger partial charge in [-0.3, -0.25) is 9.59 Å². The first-order valence-electron chi connectivity index (χ1n) is 10.4. The number of sulfonamides is 1. The van der Waals surface area contributed by atoms with Crippen molar-refractivity contribution in [3.8, 4) is 5.75 Å². The molecular formula is C23H25N3O5S. The fourth-order valence-corrected chi connectivity index (χ4v) is 5.05. The summed E-state index contributed by atoms with van der Waals surface area (Å²) in [5.41, 5.74) is 2.42. The van der Waals surface area contributed by atoms with Gasteiger partial charge in [0.2, 0.25) is 15.9 Å². The van der Waals surface area contributed by atoms with Gasteiger partial charge in [-0.25, -0.2) is 8.42 Å². The number of nitrogens with one attached hydrogen (secondary N) is 1. The van der Waals surface area contributed by atoms with Gasteiger partial charge in [0.1, 0.15) is 5.75 Å². The lowest BCUT2D eigenvalue weighted by Gasteiger charge is -2.33. The van der Waals surface area contributed by atoms with Crippen LogP contribution in [0.25, 0.3) is 6.08 Å². The van der Waals surface area contributed by atoms with Crippen molar-refractivity contribution < 1.29 is 22.7 Å². The van der Waals surface area contributed by atoms with Gasteiger partial charge in [-0.05, 0) is 43.7 Å². The molecular weight excluding hydrogens is 430 g/mol. The van der Waals surface area contributed by atoms with Gasteiger partial charge in [0.05, 0.1) is 10.6 Å². The molecule has 0 radical (unpaired) electrons. The molecule has 1 fully saturated rings. The first-order chi connectivity index (χ1) is 15.2. The average molecular weight is 456 g/mol. The summed E-state index contributed by atoms with van der Waals surface area (Å²) in [5, 5.41) is 2.67. The number of benzene rings is 2. The van der Waals surface area contributed by atoms with E-state index < -0.39 is 16.1 Å². The van der Waals surface area contributed by atoms with Crippen molar-refractivity contribution in [2.24, 2.45) is 0 Å². The SMILES string of the molecule is Cc1ccc(/C=C/C(=O)N2CCN(S(=O)(=O)c3ccc4c(c3)NC(=O)C(C)O4)CC2)cc1. The quantitative estimate of drug-likeness (QED) is 0.714. The van der Waals surface area contributed by atoms with Crippen molar-refractivity contribution in [3.63, 3.8) is 0 Å². The van der Waals surface area contributed by atoms with Gasteiger partial charge >= 0.3 is 0 Å². The molecule has 0 saturated carbocycles. The number of rotatable bonds is 4. The molecule has 1 unspecified atom stereocenters. The third-order valence-electron chi connectivity index (χ3n) is 5.57. The van der Waals surface area contributed by atoms with Crippen molar-refractivity contribution in [2.75, 3.05) is 31.5 Å². The van der Waals surface area contributed by atoms with Gasteiger partial charge in [0.25, 0.3) is 5.91 Å². The molecule has 9 heteroatoms. The van der Waals surface area contributed by atoms with E-state index in [-0.39, 0.29) is 29.8 Å². The summed E-state index contributed by atoms with van der Waals surface area (Å²) in [5.74, 6) is -0.0323. The zero-order valence-corrected chi connectivity index (χ0v) is 18.8. The van der Waals surface area contributed by atoms with E-state index in [0.29, 0.717) is 24.5 Å². The van der Waals surface area contributed by atoms with E-state index in [2.05, 4.69) is 5.32 Å². The third kappa shape index (κ3) is 4.53. The monoisotopic (exact) mass is 455 g/mol. The Hall–Kier alpha value is -3.17. The number of hydrogen-bond acceptors (Lipinski definition) is 5. The van der Waals surface area contributed by atoms with Crippen LogP contribution in [0.15, 0.2) is 53.4 Å². The Morgan fingerprint density at radius 2 is 1.78 bits per heavy atom. The number of piperazine rings is 1. The molecule has 1 N–H and O–H groups in total. The van der Waals surface area contributed by atoms with Crippen LogP contribution in [0.2, 0.25) is 0 Å². The second-order valence-corrected chi connectivity index (χ2v) is 9.82. The molecule has 0 bridgehead atoms. The summed E-state index contributed by atoms with van der Waals surface area (Å²) in [4.78, 5) is 26.1. The van der Waals surface area contributed by atoms with Crippen LogP contribution in [0, 0.1) is 6.92 Å². The maximum absolute atomic E-state index is 13.1. The molecule has 2 heterocycles. The summed E-state index contributed by atoms with van der Waals surface area (Å²) in [7, 11) is -3.76. The second-order valence-electron chi connectivity index (χ2n) is 7.88. The molecule has 0 spiro atoms. The second kappa shape index (κ2) is 8.76. The maximum atomic E-state index is 13.1. The Kier molecular flexibility index (Phi) is 6.03. The molecule has 2 aliphatic rings. The predicted octanol–water partition coefficient (Wildman–Crippen LogP) is 2.26. The van der Waals surface area contributed by atoms with Gasteiger partial charge in [-0.2, -0.15) is 4.31 Å². The molecule has 4 rings (SSSR count). The molecule has 0 aliphatic carbocycles. The zero-order valence-electron chi connectivity index (χ0n) is 17.9. The Morgan fingerprint density at radius 3 is 2.47 bits per heavy atom. The number of anilines is 1. The summed E-state index contributed by atoms with van der Waals surface area (Å²) < 4.78 is 33.0. The number of carbonyl (C=O) groups is 2. The van der Waals surface area contributed by atoms with Gasteiger partial charge in [-0.1, -0.05) is 29.8 Å². The Bertz CT molecular complexity index is 1170. The number of fused-ring (bicyclic) bond motifs is 1. The van der Waals surface area contributed by atoms with Crippen LogP contribution in [0.3, 0.4) is 0 Å². The van der Waals surface area contributed by atoms with E-state index in [1.165, 1.54) is 22.5 Å². The van der Waals surface area contributed by atoms with E-state index in [4.69, 9.17) is 4.74 Å². The summed E-state index contributed by atoms with van der Waals surface area (Å²) in [6.07, 6.45) is 2.65. The lowest BCUT2D eigenvalue weighted by atomic mass is 10.1. The first-order valence-corrected chi connectivity index (χ1v) is 11.8. The molecule has 2 aromatic rings. The van der Waals surface area contributed by atoms with Crippen molar-refractivity contribution >= 4 is 33.6 Å². The van der Waals surface area contributed by atoms with E-state index in [1.54, 1.807) is 24.0 Å². The van der Waals surface area contributed by atoms with Crippen LogP contribution in [0.4, 0.5) is 5.69 Å². The fraction of sp³-hybridized carbons (Fsp3) is 0.304. The topological polar surface area (TPSA) is 96.0 Å².